The van der Waals surface area contributed by atoms with Crippen LogP contribution in [0.4, 0.5) is 0 Å². The van der Waals surface area contributed by atoms with E-state index in [9.17, 15) is 0 Å². The number of halogens is 1. The van der Waals surface area contributed by atoms with E-state index in [0.29, 0.717) is 5.15 Å². The van der Waals surface area contributed by atoms with Crippen molar-refractivity contribution in [1.29, 1.82) is 0 Å². The molecule has 0 aliphatic heterocycles. The molecule has 100 valence electrons. The average molecular weight is 292 g/mol. The molecule has 1 heterocycles. The second-order valence-electron chi connectivity index (χ2n) is 5.20. The predicted octanol–water partition coefficient (Wildman–Crippen LogP) is 5.45. The number of nitrogens with zero attached hydrogens (tertiary/aromatic N) is 1. The molecule has 1 nitrogen and oxygen atoms in total. The van der Waals surface area contributed by atoms with Crippen LogP contribution < -0.4 is 0 Å². The summed E-state index contributed by atoms with van der Waals surface area (Å²) in [5, 5.41) is 2.67. The topological polar surface area (TPSA) is 12.9 Å². The predicted molar refractivity (Wildman–Crippen MR) is 84.9 cm³/mol. The van der Waals surface area contributed by atoms with Crippen molar-refractivity contribution in [3.05, 3.63) is 41.0 Å². The highest BCUT2D eigenvalue weighted by atomic mass is 35.5. The van der Waals surface area contributed by atoms with Crippen molar-refractivity contribution in [2.75, 3.05) is 0 Å². The molecule has 2 aromatic rings. The third-order valence-corrected chi connectivity index (χ3v) is 5.52. The molecule has 3 rings (SSSR count). The molecule has 1 aromatic carbocycles. The summed E-state index contributed by atoms with van der Waals surface area (Å²) in [7, 11) is 0. The number of benzene rings is 1. The minimum atomic E-state index is 0.669. The molecule has 0 spiro atoms. The van der Waals surface area contributed by atoms with E-state index in [4.69, 9.17) is 11.6 Å². The fraction of sp³-hybridized carbons (Fsp3) is 0.438. The van der Waals surface area contributed by atoms with Crippen molar-refractivity contribution in [3.8, 4) is 0 Å². The van der Waals surface area contributed by atoms with Crippen molar-refractivity contribution >= 4 is 34.3 Å². The van der Waals surface area contributed by atoms with Crippen LogP contribution in [-0.2, 0) is 5.75 Å². The van der Waals surface area contributed by atoms with Gasteiger partial charge in [0.15, 0.2) is 0 Å². The zero-order chi connectivity index (χ0) is 13.1. The van der Waals surface area contributed by atoms with Crippen LogP contribution in [0.25, 0.3) is 10.9 Å². The van der Waals surface area contributed by atoms with Gasteiger partial charge in [-0.15, -0.1) is 0 Å². The quantitative estimate of drug-likeness (QED) is 0.697. The van der Waals surface area contributed by atoms with Gasteiger partial charge in [0, 0.05) is 22.0 Å². The number of pyridine rings is 1. The van der Waals surface area contributed by atoms with E-state index < -0.39 is 0 Å². The number of para-hydroxylation sites is 1. The minimum Gasteiger partial charge on any atom is -0.236 e. The van der Waals surface area contributed by atoms with Crippen LogP contribution in [0.5, 0.6) is 0 Å². The van der Waals surface area contributed by atoms with Gasteiger partial charge in [0.25, 0.3) is 0 Å². The lowest BCUT2D eigenvalue weighted by molar-refractivity contribution is 0.516. The summed E-state index contributed by atoms with van der Waals surface area (Å²) in [5.41, 5.74) is 2.16. The number of aromatic nitrogens is 1. The van der Waals surface area contributed by atoms with Gasteiger partial charge in [-0.05, 0) is 25.0 Å². The lowest BCUT2D eigenvalue weighted by Gasteiger charge is -2.21. The fourth-order valence-electron chi connectivity index (χ4n) is 2.68. The molecule has 0 bridgehead atoms. The zero-order valence-corrected chi connectivity index (χ0v) is 12.5. The van der Waals surface area contributed by atoms with Crippen LogP contribution in [0.2, 0.25) is 5.15 Å². The van der Waals surface area contributed by atoms with Crippen molar-refractivity contribution in [3.63, 3.8) is 0 Å². The maximum absolute atomic E-state index is 6.30. The number of thioether (sulfide) groups is 1. The van der Waals surface area contributed by atoms with E-state index in [-0.39, 0.29) is 0 Å². The maximum atomic E-state index is 6.30. The van der Waals surface area contributed by atoms with Crippen molar-refractivity contribution in [2.45, 2.75) is 43.1 Å². The van der Waals surface area contributed by atoms with Crippen molar-refractivity contribution < 1.29 is 0 Å². The summed E-state index contributed by atoms with van der Waals surface area (Å²) >= 11 is 8.35. The van der Waals surface area contributed by atoms with Gasteiger partial charge in [-0.25, -0.2) is 4.98 Å². The Morgan fingerprint density at radius 3 is 2.79 bits per heavy atom. The Morgan fingerprint density at radius 1 is 1.16 bits per heavy atom. The maximum Gasteiger partial charge on any atom is 0.133 e. The second-order valence-corrected chi connectivity index (χ2v) is 6.85. The van der Waals surface area contributed by atoms with E-state index in [2.05, 4.69) is 23.2 Å². The molecule has 0 amide bonds. The third-order valence-electron chi connectivity index (χ3n) is 3.78. The first-order valence-electron chi connectivity index (χ1n) is 6.99. The highest BCUT2D eigenvalue weighted by Gasteiger charge is 2.14. The first kappa shape index (κ1) is 13.3. The lowest BCUT2D eigenvalue weighted by Crippen LogP contribution is -2.08. The van der Waals surface area contributed by atoms with E-state index in [1.54, 1.807) is 0 Å². The molecule has 0 atom stereocenters. The van der Waals surface area contributed by atoms with Crippen LogP contribution >= 0.6 is 23.4 Å². The molecule has 1 aromatic heterocycles. The first-order chi connectivity index (χ1) is 9.33. The van der Waals surface area contributed by atoms with Crippen LogP contribution in [0, 0.1) is 0 Å². The Bertz CT molecular complexity index is 564. The highest BCUT2D eigenvalue weighted by molar-refractivity contribution is 7.99. The zero-order valence-electron chi connectivity index (χ0n) is 10.9. The largest absolute Gasteiger partial charge is 0.236 e. The third kappa shape index (κ3) is 3.24. The fourth-order valence-corrected chi connectivity index (χ4v) is 4.27. The van der Waals surface area contributed by atoms with E-state index in [1.165, 1.54) is 43.1 Å². The summed E-state index contributed by atoms with van der Waals surface area (Å²) in [6.45, 7) is 0. The number of hydrogen-bond donors (Lipinski definition) is 0. The Morgan fingerprint density at radius 2 is 1.95 bits per heavy atom. The first-order valence-corrected chi connectivity index (χ1v) is 8.41. The molecule has 0 radical (unpaired) electrons. The second kappa shape index (κ2) is 6.15. The molecule has 1 fully saturated rings. The van der Waals surface area contributed by atoms with E-state index in [1.807, 2.05) is 23.9 Å². The van der Waals surface area contributed by atoms with Crippen LogP contribution in [-0.4, -0.2) is 10.2 Å². The molecular weight excluding hydrogens is 274 g/mol. The highest BCUT2D eigenvalue weighted by Crippen LogP contribution is 2.32. The standard InChI is InChI=1S/C16H18ClNS/c17-16-13(11-19-14-7-2-1-3-8-14)10-12-6-4-5-9-15(12)18-16/h4-6,9-10,14H,1-3,7-8,11H2. The molecule has 19 heavy (non-hydrogen) atoms. The van der Waals surface area contributed by atoms with Gasteiger partial charge >= 0.3 is 0 Å². The van der Waals surface area contributed by atoms with Gasteiger partial charge in [-0.3, -0.25) is 0 Å². The molecule has 3 heteroatoms. The van der Waals surface area contributed by atoms with Gasteiger partial charge in [-0.2, -0.15) is 11.8 Å². The molecule has 1 aliphatic carbocycles. The lowest BCUT2D eigenvalue weighted by atomic mass is 10.0. The summed E-state index contributed by atoms with van der Waals surface area (Å²) in [5.74, 6) is 0.987. The Labute approximate surface area is 123 Å². The van der Waals surface area contributed by atoms with Gasteiger partial charge in [0.2, 0.25) is 0 Å². The van der Waals surface area contributed by atoms with Gasteiger partial charge < -0.3 is 0 Å². The van der Waals surface area contributed by atoms with Crippen LogP contribution in [0.3, 0.4) is 0 Å². The molecular formula is C16H18ClNS. The monoisotopic (exact) mass is 291 g/mol. The Hall–Kier alpha value is -0.730. The number of fused-ring (bicyclic) bond motifs is 1. The summed E-state index contributed by atoms with van der Waals surface area (Å²) in [4.78, 5) is 4.49. The average Bonchev–Trinajstić information content (AvgIpc) is 2.46. The smallest absolute Gasteiger partial charge is 0.133 e. The minimum absolute atomic E-state index is 0.669. The van der Waals surface area contributed by atoms with E-state index >= 15 is 0 Å². The van der Waals surface area contributed by atoms with Crippen LogP contribution in [0.1, 0.15) is 37.7 Å². The molecule has 1 saturated carbocycles. The van der Waals surface area contributed by atoms with Crippen molar-refractivity contribution in [2.24, 2.45) is 0 Å². The number of hydrogen-bond acceptors (Lipinski definition) is 2. The SMILES string of the molecule is Clc1nc2ccccc2cc1CSC1CCCCC1. The summed E-state index contributed by atoms with van der Waals surface area (Å²) < 4.78 is 0. The Balaban J connectivity index is 1.74. The van der Waals surface area contributed by atoms with Gasteiger partial charge in [0.1, 0.15) is 5.15 Å². The Kier molecular flexibility index (Phi) is 4.29. The van der Waals surface area contributed by atoms with Crippen molar-refractivity contribution in [1.82, 2.24) is 4.98 Å². The van der Waals surface area contributed by atoms with Gasteiger partial charge in [-0.1, -0.05) is 49.1 Å². The van der Waals surface area contributed by atoms with Crippen LogP contribution in [0.15, 0.2) is 30.3 Å². The van der Waals surface area contributed by atoms with Gasteiger partial charge in [0.05, 0.1) is 5.52 Å². The normalized spacial score (nSPS) is 16.9. The molecule has 0 saturated heterocycles. The molecule has 1 aliphatic rings. The number of rotatable bonds is 3. The molecule has 0 N–H and O–H groups in total. The summed E-state index contributed by atoms with van der Waals surface area (Å²) in [6.07, 6.45) is 6.92. The molecule has 0 unspecified atom stereocenters. The van der Waals surface area contributed by atoms with E-state index in [0.717, 1.165) is 16.5 Å². The summed E-state index contributed by atoms with van der Waals surface area (Å²) in [6, 6.07) is 10.4.